The van der Waals surface area contributed by atoms with Crippen molar-refractivity contribution in [1.29, 1.82) is 0 Å². The number of nitrogens with one attached hydrogen (secondary N) is 1. The number of esters is 1. The fourth-order valence-corrected chi connectivity index (χ4v) is 1.61. The minimum atomic E-state index is -0.517. The summed E-state index contributed by atoms with van der Waals surface area (Å²) in [4.78, 5) is 15.9. The standard InChI is InChI=1S/C14H14FN3O2/c1-2-20-14(19)12-7-10(16)8-17-13(12)18-11-5-3-9(15)4-6-11/h3-8H,2,16H2,1H3,(H,17,18). The third kappa shape index (κ3) is 3.23. The van der Waals surface area contributed by atoms with E-state index < -0.39 is 5.97 Å². The molecule has 1 aromatic carbocycles. The van der Waals surface area contributed by atoms with Gasteiger partial charge in [-0.15, -0.1) is 0 Å². The van der Waals surface area contributed by atoms with Crippen LogP contribution in [0.15, 0.2) is 36.5 Å². The minimum Gasteiger partial charge on any atom is -0.462 e. The molecule has 104 valence electrons. The molecule has 1 aromatic heterocycles. The van der Waals surface area contributed by atoms with Crippen LogP contribution < -0.4 is 11.1 Å². The summed E-state index contributed by atoms with van der Waals surface area (Å²) in [6.07, 6.45) is 1.43. The topological polar surface area (TPSA) is 77.2 Å². The molecule has 2 rings (SSSR count). The van der Waals surface area contributed by atoms with Crippen molar-refractivity contribution in [2.45, 2.75) is 6.92 Å². The van der Waals surface area contributed by atoms with E-state index >= 15 is 0 Å². The van der Waals surface area contributed by atoms with E-state index in [1.54, 1.807) is 19.1 Å². The van der Waals surface area contributed by atoms with Gasteiger partial charge in [-0.3, -0.25) is 0 Å². The molecule has 0 saturated carbocycles. The minimum absolute atomic E-state index is 0.233. The third-order valence-corrected chi connectivity index (χ3v) is 2.51. The van der Waals surface area contributed by atoms with E-state index in [0.29, 0.717) is 17.2 Å². The number of aromatic nitrogens is 1. The van der Waals surface area contributed by atoms with Crippen LogP contribution >= 0.6 is 0 Å². The van der Waals surface area contributed by atoms with Crippen molar-refractivity contribution in [3.63, 3.8) is 0 Å². The number of carbonyl (C=O) groups excluding carboxylic acids is 1. The molecule has 0 fully saturated rings. The molecule has 0 radical (unpaired) electrons. The van der Waals surface area contributed by atoms with Crippen LogP contribution in [0.2, 0.25) is 0 Å². The van der Waals surface area contributed by atoms with Gasteiger partial charge in [0.25, 0.3) is 0 Å². The zero-order valence-corrected chi connectivity index (χ0v) is 10.9. The number of nitrogens with two attached hydrogens (primary N) is 1. The lowest BCUT2D eigenvalue weighted by atomic mass is 10.2. The van der Waals surface area contributed by atoms with E-state index in [0.717, 1.165) is 0 Å². The van der Waals surface area contributed by atoms with Crippen LogP contribution in [0.3, 0.4) is 0 Å². The number of carbonyl (C=O) groups is 1. The zero-order chi connectivity index (χ0) is 14.5. The Morgan fingerprint density at radius 1 is 1.40 bits per heavy atom. The Hall–Kier alpha value is -2.63. The summed E-state index contributed by atoms with van der Waals surface area (Å²) >= 11 is 0. The summed E-state index contributed by atoms with van der Waals surface area (Å²) in [7, 11) is 0. The molecule has 0 amide bonds. The van der Waals surface area contributed by atoms with E-state index in [1.165, 1.54) is 24.4 Å². The second-order valence-corrected chi connectivity index (χ2v) is 4.02. The molecule has 0 saturated heterocycles. The van der Waals surface area contributed by atoms with Crippen LogP contribution in [0, 0.1) is 5.82 Å². The molecule has 3 N–H and O–H groups in total. The largest absolute Gasteiger partial charge is 0.462 e. The molecule has 0 spiro atoms. The van der Waals surface area contributed by atoms with Crippen LogP contribution in [-0.4, -0.2) is 17.6 Å². The van der Waals surface area contributed by atoms with Gasteiger partial charge in [0.05, 0.1) is 18.5 Å². The van der Waals surface area contributed by atoms with Gasteiger partial charge < -0.3 is 15.8 Å². The molecule has 2 aromatic rings. The van der Waals surface area contributed by atoms with Gasteiger partial charge in [-0.2, -0.15) is 0 Å². The highest BCUT2D eigenvalue weighted by Crippen LogP contribution is 2.21. The molecule has 0 unspecified atom stereocenters. The number of hydrogen-bond donors (Lipinski definition) is 2. The van der Waals surface area contributed by atoms with Gasteiger partial charge >= 0.3 is 5.97 Å². The molecule has 0 atom stereocenters. The molecule has 6 heteroatoms. The number of nitrogens with zero attached hydrogens (tertiary/aromatic N) is 1. The van der Waals surface area contributed by atoms with Gasteiger partial charge in [-0.05, 0) is 37.3 Å². The predicted molar refractivity (Wildman–Crippen MR) is 74.3 cm³/mol. The van der Waals surface area contributed by atoms with Crippen molar-refractivity contribution >= 4 is 23.2 Å². The van der Waals surface area contributed by atoms with E-state index in [4.69, 9.17) is 10.5 Å². The summed E-state index contributed by atoms with van der Waals surface area (Å²) in [5.74, 6) is -0.549. The number of hydrogen-bond acceptors (Lipinski definition) is 5. The number of benzene rings is 1. The highest BCUT2D eigenvalue weighted by molar-refractivity contribution is 5.96. The van der Waals surface area contributed by atoms with Crippen molar-refractivity contribution < 1.29 is 13.9 Å². The third-order valence-electron chi connectivity index (χ3n) is 2.51. The number of anilines is 3. The number of pyridine rings is 1. The second kappa shape index (κ2) is 6.01. The predicted octanol–water partition coefficient (Wildman–Crippen LogP) is 2.72. The maximum absolute atomic E-state index is 12.9. The Balaban J connectivity index is 2.31. The van der Waals surface area contributed by atoms with Crippen molar-refractivity contribution in [3.8, 4) is 0 Å². The van der Waals surface area contributed by atoms with Gasteiger partial charge in [-0.1, -0.05) is 0 Å². The lowest BCUT2D eigenvalue weighted by molar-refractivity contribution is 0.0527. The van der Waals surface area contributed by atoms with Gasteiger partial charge in [0.15, 0.2) is 0 Å². The summed E-state index contributed by atoms with van der Waals surface area (Å²) in [5.41, 5.74) is 6.82. The first kappa shape index (κ1) is 13.8. The highest BCUT2D eigenvalue weighted by Gasteiger charge is 2.14. The summed E-state index contributed by atoms with van der Waals surface area (Å²) in [5, 5.41) is 2.93. The summed E-state index contributed by atoms with van der Waals surface area (Å²) in [6.45, 7) is 1.97. The Kier molecular flexibility index (Phi) is 4.14. The van der Waals surface area contributed by atoms with Crippen molar-refractivity contribution in [1.82, 2.24) is 4.98 Å². The van der Waals surface area contributed by atoms with Gasteiger partial charge in [0.2, 0.25) is 0 Å². The van der Waals surface area contributed by atoms with Crippen molar-refractivity contribution in [2.75, 3.05) is 17.7 Å². The van der Waals surface area contributed by atoms with Crippen LogP contribution in [-0.2, 0) is 4.74 Å². The SMILES string of the molecule is CCOC(=O)c1cc(N)cnc1Nc1ccc(F)cc1. The molecule has 0 bridgehead atoms. The number of halogens is 1. The lowest BCUT2D eigenvalue weighted by Crippen LogP contribution is -2.10. The highest BCUT2D eigenvalue weighted by atomic mass is 19.1. The summed E-state index contributed by atoms with van der Waals surface area (Å²) in [6, 6.07) is 7.19. The fourth-order valence-electron chi connectivity index (χ4n) is 1.61. The molecule has 1 heterocycles. The monoisotopic (exact) mass is 275 g/mol. The van der Waals surface area contributed by atoms with E-state index in [9.17, 15) is 9.18 Å². The lowest BCUT2D eigenvalue weighted by Gasteiger charge is -2.11. The van der Waals surface area contributed by atoms with Crippen LogP contribution in [0.5, 0.6) is 0 Å². The first-order valence-corrected chi connectivity index (χ1v) is 6.05. The van der Waals surface area contributed by atoms with Crippen LogP contribution in [0.1, 0.15) is 17.3 Å². The smallest absolute Gasteiger partial charge is 0.341 e. The molecular formula is C14H14FN3O2. The maximum atomic E-state index is 12.9. The van der Waals surface area contributed by atoms with E-state index in [-0.39, 0.29) is 18.0 Å². The molecular weight excluding hydrogens is 261 g/mol. The Morgan fingerprint density at radius 2 is 2.10 bits per heavy atom. The molecule has 0 aliphatic carbocycles. The average Bonchev–Trinajstić information content (AvgIpc) is 2.43. The molecule has 5 nitrogen and oxygen atoms in total. The quantitative estimate of drug-likeness (QED) is 0.839. The second-order valence-electron chi connectivity index (χ2n) is 4.02. The van der Waals surface area contributed by atoms with Crippen LogP contribution in [0.4, 0.5) is 21.6 Å². The fraction of sp³-hybridized carbons (Fsp3) is 0.143. The molecule has 0 aliphatic rings. The van der Waals surface area contributed by atoms with Crippen molar-refractivity contribution in [2.24, 2.45) is 0 Å². The van der Waals surface area contributed by atoms with Gasteiger partial charge in [0, 0.05) is 5.69 Å². The van der Waals surface area contributed by atoms with Crippen LogP contribution in [0.25, 0.3) is 0 Å². The average molecular weight is 275 g/mol. The maximum Gasteiger partial charge on any atom is 0.341 e. The summed E-state index contributed by atoms with van der Waals surface area (Å²) < 4.78 is 17.8. The Morgan fingerprint density at radius 3 is 2.75 bits per heavy atom. The Labute approximate surface area is 115 Å². The van der Waals surface area contributed by atoms with E-state index in [2.05, 4.69) is 10.3 Å². The van der Waals surface area contributed by atoms with Gasteiger partial charge in [-0.25, -0.2) is 14.2 Å². The number of nitrogen functional groups attached to an aromatic ring is 1. The zero-order valence-electron chi connectivity index (χ0n) is 10.9. The van der Waals surface area contributed by atoms with Gasteiger partial charge in [0.1, 0.15) is 17.2 Å². The number of rotatable bonds is 4. The normalized spacial score (nSPS) is 10.1. The number of ether oxygens (including phenoxy) is 1. The first-order valence-electron chi connectivity index (χ1n) is 6.05. The van der Waals surface area contributed by atoms with Crippen molar-refractivity contribution in [3.05, 3.63) is 47.9 Å². The molecule has 0 aliphatic heterocycles. The Bertz CT molecular complexity index is 614. The first-order chi connectivity index (χ1) is 9.60. The molecule has 20 heavy (non-hydrogen) atoms. The van der Waals surface area contributed by atoms with E-state index in [1.807, 2.05) is 0 Å².